The summed E-state index contributed by atoms with van der Waals surface area (Å²) >= 11 is 6.51. The van der Waals surface area contributed by atoms with Gasteiger partial charge in [-0.3, -0.25) is 4.79 Å². The highest BCUT2D eigenvalue weighted by Gasteiger charge is 2.42. The lowest BCUT2D eigenvalue weighted by Crippen LogP contribution is -2.37. The Morgan fingerprint density at radius 2 is 1.88 bits per heavy atom. The lowest BCUT2D eigenvalue weighted by Gasteiger charge is -2.36. The highest BCUT2D eigenvalue weighted by molar-refractivity contribution is 6.31. The molecule has 1 amide bonds. The second-order valence-corrected chi connectivity index (χ2v) is 7.08. The number of para-hydroxylation sites is 1. The summed E-state index contributed by atoms with van der Waals surface area (Å²) in [6, 6.07) is 16.6. The van der Waals surface area contributed by atoms with Crippen molar-refractivity contribution in [3.8, 4) is 0 Å². The number of halogens is 1. The van der Waals surface area contributed by atoms with E-state index in [-0.39, 0.29) is 17.9 Å². The molecule has 2 unspecified atom stereocenters. The first kappa shape index (κ1) is 14.1. The topological polar surface area (TPSA) is 36.1 Å². The lowest BCUT2D eigenvalue weighted by molar-refractivity contribution is -0.129. The minimum Gasteiger partial charge on any atom is -0.356 e. The molecule has 120 valence electrons. The number of carbonyl (C=O) groups is 1. The van der Waals surface area contributed by atoms with E-state index < -0.39 is 0 Å². The van der Waals surface area contributed by atoms with E-state index in [1.807, 2.05) is 29.2 Å². The number of rotatable bonds is 1. The van der Waals surface area contributed by atoms with Crippen molar-refractivity contribution in [2.24, 2.45) is 0 Å². The van der Waals surface area contributed by atoms with E-state index >= 15 is 0 Å². The molecule has 0 saturated carbocycles. The van der Waals surface area contributed by atoms with E-state index in [0.29, 0.717) is 13.0 Å². The van der Waals surface area contributed by atoms with Gasteiger partial charge < -0.3 is 9.88 Å². The van der Waals surface area contributed by atoms with Crippen LogP contribution in [0.1, 0.15) is 41.6 Å². The SMILES string of the molecule is O=C1CCC2c3[nH]c4ccccc4c3C(c3ccccc3Cl)CN12. The minimum absolute atomic E-state index is 0.114. The summed E-state index contributed by atoms with van der Waals surface area (Å²) < 4.78 is 0. The standard InChI is InChI=1S/C20H17ClN2O/c21-15-7-3-1-5-12(15)14-11-23-17(9-10-18(23)24)20-19(14)13-6-2-4-8-16(13)22-20/h1-8,14,17,22H,9-11H2. The van der Waals surface area contributed by atoms with Crippen LogP contribution in [-0.2, 0) is 4.79 Å². The van der Waals surface area contributed by atoms with Crippen molar-refractivity contribution in [3.63, 3.8) is 0 Å². The van der Waals surface area contributed by atoms with Crippen molar-refractivity contribution in [3.05, 3.63) is 70.4 Å². The van der Waals surface area contributed by atoms with Gasteiger partial charge in [-0.2, -0.15) is 0 Å². The number of nitrogens with zero attached hydrogens (tertiary/aromatic N) is 1. The van der Waals surface area contributed by atoms with E-state index in [0.717, 1.165) is 22.5 Å². The molecule has 3 heterocycles. The number of amides is 1. The predicted molar refractivity (Wildman–Crippen MR) is 95.3 cm³/mol. The zero-order valence-corrected chi connectivity index (χ0v) is 13.9. The summed E-state index contributed by atoms with van der Waals surface area (Å²) in [6.45, 7) is 0.710. The van der Waals surface area contributed by atoms with Gasteiger partial charge >= 0.3 is 0 Å². The number of nitrogens with one attached hydrogen (secondary N) is 1. The second-order valence-electron chi connectivity index (χ2n) is 6.67. The van der Waals surface area contributed by atoms with Crippen LogP contribution >= 0.6 is 11.6 Å². The number of carbonyl (C=O) groups excluding carboxylic acids is 1. The minimum atomic E-state index is 0.114. The van der Waals surface area contributed by atoms with Crippen molar-refractivity contribution in [2.75, 3.05) is 6.54 Å². The van der Waals surface area contributed by atoms with Crippen LogP contribution in [0.5, 0.6) is 0 Å². The summed E-state index contributed by atoms with van der Waals surface area (Å²) in [6.07, 6.45) is 1.53. The zero-order valence-electron chi connectivity index (χ0n) is 13.1. The molecule has 1 fully saturated rings. The first-order chi connectivity index (χ1) is 11.7. The lowest BCUT2D eigenvalue weighted by atomic mass is 9.84. The van der Waals surface area contributed by atoms with E-state index in [4.69, 9.17) is 11.6 Å². The highest BCUT2D eigenvalue weighted by Crippen LogP contribution is 2.48. The van der Waals surface area contributed by atoms with Crippen LogP contribution in [-0.4, -0.2) is 22.3 Å². The van der Waals surface area contributed by atoms with Gasteiger partial charge in [0.1, 0.15) is 0 Å². The Morgan fingerprint density at radius 3 is 2.75 bits per heavy atom. The number of hydrogen-bond donors (Lipinski definition) is 1. The van der Waals surface area contributed by atoms with Crippen LogP contribution in [0.15, 0.2) is 48.5 Å². The molecule has 1 aromatic heterocycles. The van der Waals surface area contributed by atoms with Gasteiger partial charge in [-0.15, -0.1) is 0 Å². The highest BCUT2D eigenvalue weighted by atomic mass is 35.5. The maximum Gasteiger partial charge on any atom is 0.223 e. The number of fused-ring (bicyclic) bond motifs is 5. The molecule has 0 spiro atoms. The molecule has 2 atom stereocenters. The summed E-state index contributed by atoms with van der Waals surface area (Å²) in [5.74, 6) is 0.365. The normalized spacial score (nSPS) is 22.7. The number of benzene rings is 2. The first-order valence-electron chi connectivity index (χ1n) is 8.38. The molecule has 3 nitrogen and oxygen atoms in total. The monoisotopic (exact) mass is 336 g/mol. The van der Waals surface area contributed by atoms with Crippen molar-refractivity contribution >= 4 is 28.4 Å². The third-order valence-electron chi connectivity index (χ3n) is 5.45. The van der Waals surface area contributed by atoms with Gasteiger partial charge in [-0.1, -0.05) is 48.0 Å². The first-order valence-corrected chi connectivity index (χ1v) is 8.76. The molecule has 4 heteroatoms. The molecule has 0 radical (unpaired) electrons. The third kappa shape index (κ3) is 1.88. The van der Waals surface area contributed by atoms with Gasteiger partial charge in [0.2, 0.25) is 5.91 Å². The summed E-state index contributed by atoms with van der Waals surface area (Å²) in [4.78, 5) is 18.0. The molecule has 3 aromatic rings. The van der Waals surface area contributed by atoms with Gasteiger partial charge in [0.05, 0.1) is 6.04 Å². The Kier molecular flexibility index (Phi) is 3.01. The molecule has 24 heavy (non-hydrogen) atoms. The van der Waals surface area contributed by atoms with Crippen molar-refractivity contribution < 1.29 is 4.79 Å². The summed E-state index contributed by atoms with van der Waals surface area (Å²) in [5.41, 5.74) is 4.75. The maximum absolute atomic E-state index is 12.4. The number of aromatic amines is 1. The summed E-state index contributed by atoms with van der Waals surface area (Å²) in [5, 5.41) is 2.01. The van der Waals surface area contributed by atoms with Crippen molar-refractivity contribution in [1.29, 1.82) is 0 Å². The van der Waals surface area contributed by atoms with Gasteiger partial charge in [0, 0.05) is 40.5 Å². The average molecular weight is 337 g/mol. The Labute approximate surface area is 145 Å². The third-order valence-corrected chi connectivity index (χ3v) is 5.79. The summed E-state index contributed by atoms with van der Waals surface area (Å²) in [7, 11) is 0. The van der Waals surface area contributed by atoms with Crippen LogP contribution in [0, 0.1) is 0 Å². The van der Waals surface area contributed by atoms with Crippen molar-refractivity contribution in [2.45, 2.75) is 24.8 Å². The zero-order chi connectivity index (χ0) is 16.3. The molecule has 2 aliphatic heterocycles. The number of hydrogen-bond acceptors (Lipinski definition) is 1. The quantitative estimate of drug-likeness (QED) is 0.691. The Morgan fingerprint density at radius 1 is 1.08 bits per heavy atom. The fourth-order valence-electron chi connectivity index (χ4n) is 4.38. The van der Waals surface area contributed by atoms with Gasteiger partial charge in [-0.25, -0.2) is 0 Å². The maximum atomic E-state index is 12.4. The van der Waals surface area contributed by atoms with Crippen LogP contribution in [0.4, 0.5) is 0 Å². The fourth-order valence-corrected chi connectivity index (χ4v) is 4.65. The van der Waals surface area contributed by atoms with Gasteiger partial charge in [-0.05, 0) is 29.7 Å². The van der Waals surface area contributed by atoms with E-state index in [1.54, 1.807) is 0 Å². The molecule has 1 N–H and O–H groups in total. The molecular formula is C20H17ClN2O. The number of H-pyrrole nitrogens is 1. The van der Waals surface area contributed by atoms with Crippen LogP contribution in [0.25, 0.3) is 10.9 Å². The van der Waals surface area contributed by atoms with Crippen molar-refractivity contribution in [1.82, 2.24) is 9.88 Å². The van der Waals surface area contributed by atoms with E-state index in [2.05, 4.69) is 29.2 Å². The molecular weight excluding hydrogens is 320 g/mol. The van der Waals surface area contributed by atoms with Gasteiger partial charge in [0.15, 0.2) is 0 Å². The molecule has 0 bridgehead atoms. The number of aromatic nitrogens is 1. The Bertz CT molecular complexity index is 961. The average Bonchev–Trinajstić information content (AvgIpc) is 3.16. The molecule has 0 aliphatic carbocycles. The smallest absolute Gasteiger partial charge is 0.223 e. The Hall–Kier alpha value is -2.26. The largest absolute Gasteiger partial charge is 0.356 e. The van der Waals surface area contributed by atoms with Crippen LogP contribution in [0.2, 0.25) is 5.02 Å². The van der Waals surface area contributed by atoms with Crippen LogP contribution in [0.3, 0.4) is 0 Å². The Balaban J connectivity index is 1.79. The van der Waals surface area contributed by atoms with E-state index in [1.165, 1.54) is 16.6 Å². The van der Waals surface area contributed by atoms with Gasteiger partial charge in [0.25, 0.3) is 0 Å². The second kappa shape index (κ2) is 5.12. The molecule has 5 rings (SSSR count). The molecule has 1 saturated heterocycles. The predicted octanol–water partition coefficient (Wildman–Crippen LogP) is 4.63. The van der Waals surface area contributed by atoms with E-state index in [9.17, 15) is 4.79 Å². The molecule has 2 aromatic carbocycles. The van der Waals surface area contributed by atoms with Crippen LogP contribution < -0.4 is 0 Å². The fraction of sp³-hybridized carbons (Fsp3) is 0.250. The molecule has 2 aliphatic rings.